The molecule has 0 heterocycles. The van der Waals surface area contributed by atoms with Gasteiger partial charge in [-0.1, -0.05) is 42.5 Å². The monoisotopic (exact) mass is 189 g/mol. The van der Waals surface area contributed by atoms with E-state index >= 15 is 0 Å². The van der Waals surface area contributed by atoms with Crippen LogP contribution >= 0.6 is 0 Å². The van der Waals surface area contributed by atoms with Crippen molar-refractivity contribution in [2.24, 2.45) is 4.99 Å². The van der Waals surface area contributed by atoms with E-state index in [1.165, 1.54) is 0 Å². The van der Waals surface area contributed by atoms with Crippen LogP contribution in [0.1, 0.15) is 12.0 Å². The zero-order valence-corrected chi connectivity index (χ0v) is 8.13. The fourth-order valence-corrected chi connectivity index (χ4v) is 1.11. The summed E-state index contributed by atoms with van der Waals surface area (Å²) in [6.45, 7) is 3.96. The maximum atomic E-state index is 9.47. The van der Waals surface area contributed by atoms with Crippen LogP contribution in [0.4, 0.5) is 0 Å². The molecule has 0 fully saturated rings. The Kier molecular flexibility index (Phi) is 4.65. The lowest BCUT2D eigenvalue weighted by atomic mass is 10.1. The first-order valence-corrected chi connectivity index (χ1v) is 4.66. The Morgan fingerprint density at radius 2 is 2.07 bits per heavy atom. The van der Waals surface area contributed by atoms with Gasteiger partial charge in [-0.15, -0.1) is 0 Å². The van der Waals surface area contributed by atoms with Crippen LogP contribution in [-0.2, 0) is 0 Å². The number of nitrogens with zero attached hydrogens (tertiary/aromatic N) is 1. The number of aliphatic hydroxyl groups is 1. The van der Waals surface area contributed by atoms with Gasteiger partial charge >= 0.3 is 0 Å². The Bertz CT molecular complexity index is 292. The fraction of sp³-hybridized carbons (Fsp3) is 0.250. The average molecular weight is 189 g/mol. The predicted molar refractivity (Wildman–Crippen MR) is 60.5 cm³/mol. The summed E-state index contributed by atoms with van der Waals surface area (Å²) in [6, 6.07) is 9.90. The topological polar surface area (TPSA) is 32.6 Å². The molecule has 2 heteroatoms. The SMILES string of the molecule is C=NCCC(O)/C=C/c1ccccc1. The number of hydrogen-bond acceptors (Lipinski definition) is 2. The lowest BCUT2D eigenvalue weighted by Crippen LogP contribution is -2.03. The summed E-state index contributed by atoms with van der Waals surface area (Å²) >= 11 is 0. The van der Waals surface area contributed by atoms with E-state index in [1.54, 1.807) is 6.08 Å². The highest BCUT2D eigenvalue weighted by atomic mass is 16.3. The van der Waals surface area contributed by atoms with Crippen molar-refractivity contribution < 1.29 is 5.11 Å². The van der Waals surface area contributed by atoms with E-state index in [-0.39, 0.29) is 0 Å². The average Bonchev–Trinajstić information content (AvgIpc) is 2.25. The summed E-state index contributed by atoms with van der Waals surface area (Å²) in [5.41, 5.74) is 1.10. The Hall–Kier alpha value is -1.41. The third kappa shape index (κ3) is 4.01. The quantitative estimate of drug-likeness (QED) is 0.707. The zero-order chi connectivity index (χ0) is 10.2. The molecule has 1 aromatic carbocycles. The molecule has 0 radical (unpaired) electrons. The van der Waals surface area contributed by atoms with Crippen molar-refractivity contribution in [3.05, 3.63) is 42.0 Å². The number of aliphatic hydroxyl groups excluding tert-OH is 1. The summed E-state index contributed by atoms with van der Waals surface area (Å²) in [5, 5.41) is 9.47. The number of rotatable bonds is 5. The molecule has 2 nitrogen and oxygen atoms in total. The summed E-state index contributed by atoms with van der Waals surface area (Å²) in [5.74, 6) is 0. The molecule has 0 aromatic heterocycles. The van der Waals surface area contributed by atoms with Crippen LogP contribution in [0.25, 0.3) is 6.08 Å². The van der Waals surface area contributed by atoms with Crippen LogP contribution in [-0.4, -0.2) is 24.5 Å². The summed E-state index contributed by atoms with van der Waals surface area (Å²) in [7, 11) is 0. The largest absolute Gasteiger partial charge is 0.389 e. The first-order valence-electron chi connectivity index (χ1n) is 4.66. The van der Waals surface area contributed by atoms with Gasteiger partial charge in [0, 0.05) is 6.54 Å². The van der Waals surface area contributed by atoms with Crippen molar-refractivity contribution in [2.45, 2.75) is 12.5 Å². The third-order valence-electron chi connectivity index (χ3n) is 1.89. The van der Waals surface area contributed by atoms with E-state index in [2.05, 4.69) is 11.7 Å². The van der Waals surface area contributed by atoms with Gasteiger partial charge in [0.25, 0.3) is 0 Å². The van der Waals surface area contributed by atoms with Crippen molar-refractivity contribution in [2.75, 3.05) is 6.54 Å². The molecule has 1 atom stereocenters. The van der Waals surface area contributed by atoms with Gasteiger partial charge in [-0.05, 0) is 18.7 Å². The molecule has 0 spiro atoms. The minimum atomic E-state index is -0.430. The molecule has 1 aromatic rings. The molecule has 0 saturated carbocycles. The molecule has 0 aliphatic rings. The lowest BCUT2D eigenvalue weighted by Gasteiger charge is -2.01. The molecule has 1 N–H and O–H groups in total. The van der Waals surface area contributed by atoms with Crippen molar-refractivity contribution >= 4 is 12.8 Å². The molecular weight excluding hydrogens is 174 g/mol. The van der Waals surface area contributed by atoms with Crippen molar-refractivity contribution in [3.63, 3.8) is 0 Å². The highest BCUT2D eigenvalue weighted by molar-refractivity contribution is 5.49. The van der Waals surface area contributed by atoms with Gasteiger partial charge < -0.3 is 10.1 Å². The van der Waals surface area contributed by atoms with Gasteiger partial charge in [0.05, 0.1) is 6.10 Å². The van der Waals surface area contributed by atoms with E-state index < -0.39 is 6.10 Å². The first kappa shape index (κ1) is 10.7. The minimum absolute atomic E-state index is 0.430. The van der Waals surface area contributed by atoms with Crippen LogP contribution < -0.4 is 0 Å². The van der Waals surface area contributed by atoms with E-state index in [9.17, 15) is 5.11 Å². The van der Waals surface area contributed by atoms with Crippen LogP contribution in [0.15, 0.2) is 41.4 Å². The van der Waals surface area contributed by atoms with E-state index in [0.717, 1.165) is 5.56 Å². The second-order valence-electron chi connectivity index (χ2n) is 3.07. The van der Waals surface area contributed by atoms with Crippen LogP contribution in [0, 0.1) is 0 Å². The van der Waals surface area contributed by atoms with Crippen LogP contribution in [0.3, 0.4) is 0 Å². The number of benzene rings is 1. The summed E-state index contributed by atoms with van der Waals surface area (Å²) < 4.78 is 0. The standard InChI is InChI=1S/C12H15NO/c1-13-10-9-12(14)8-7-11-5-3-2-4-6-11/h2-8,12,14H,1,9-10H2/b8-7+. The fourth-order valence-electron chi connectivity index (χ4n) is 1.11. The van der Waals surface area contributed by atoms with Gasteiger partial charge in [-0.25, -0.2) is 0 Å². The van der Waals surface area contributed by atoms with Crippen LogP contribution in [0.5, 0.6) is 0 Å². The van der Waals surface area contributed by atoms with Crippen molar-refractivity contribution in [1.82, 2.24) is 0 Å². The van der Waals surface area contributed by atoms with E-state index in [1.807, 2.05) is 36.4 Å². The van der Waals surface area contributed by atoms with Gasteiger partial charge in [0.15, 0.2) is 0 Å². The lowest BCUT2D eigenvalue weighted by molar-refractivity contribution is 0.216. The predicted octanol–water partition coefficient (Wildman–Crippen LogP) is 2.15. The maximum absolute atomic E-state index is 9.47. The molecular formula is C12H15NO. The second-order valence-corrected chi connectivity index (χ2v) is 3.07. The number of aliphatic imine (C=N–C) groups is 1. The van der Waals surface area contributed by atoms with Crippen molar-refractivity contribution in [3.8, 4) is 0 Å². The second kappa shape index (κ2) is 6.11. The molecule has 0 bridgehead atoms. The first-order chi connectivity index (χ1) is 6.83. The molecule has 0 amide bonds. The Morgan fingerprint density at radius 1 is 1.36 bits per heavy atom. The third-order valence-corrected chi connectivity index (χ3v) is 1.89. The molecule has 74 valence electrons. The summed E-state index contributed by atoms with van der Waals surface area (Å²) in [6.07, 6.45) is 3.89. The molecule has 0 aliphatic heterocycles. The highest BCUT2D eigenvalue weighted by Crippen LogP contribution is 2.03. The Morgan fingerprint density at radius 3 is 2.71 bits per heavy atom. The van der Waals surface area contributed by atoms with Crippen LogP contribution in [0.2, 0.25) is 0 Å². The Labute approximate surface area is 84.6 Å². The molecule has 0 saturated heterocycles. The van der Waals surface area contributed by atoms with Gasteiger partial charge in [0.2, 0.25) is 0 Å². The Balaban J connectivity index is 2.43. The number of hydrogen-bond donors (Lipinski definition) is 1. The minimum Gasteiger partial charge on any atom is -0.389 e. The maximum Gasteiger partial charge on any atom is 0.0741 e. The molecule has 1 unspecified atom stereocenters. The van der Waals surface area contributed by atoms with Gasteiger partial charge in [-0.3, -0.25) is 0 Å². The van der Waals surface area contributed by atoms with E-state index in [0.29, 0.717) is 13.0 Å². The molecule has 14 heavy (non-hydrogen) atoms. The molecule has 1 rings (SSSR count). The van der Waals surface area contributed by atoms with Gasteiger partial charge in [0.1, 0.15) is 0 Å². The smallest absolute Gasteiger partial charge is 0.0741 e. The van der Waals surface area contributed by atoms with Crippen molar-refractivity contribution in [1.29, 1.82) is 0 Å². The normalized spacial score (nSPS) is 12.9. The van der Waals surface area contributed by atoms with E-state index in [4.69, 9.17) is 0 Å². The molecule has 0 aliphatic carbocycles. The zero-order valence-electron chi connectivity index (χ0n) is 8.13. The van der Waals surface area contributed by atoms with Gasteiger partial charge in [-0.2, -0.15) is 0 Å². The highest BCUT2D eigenvalue weighted by Gasteiger charge is 1.96. The summed E-state index contributed by atoms with van der Waals surface area (Å²) in [4.78, 5) is 3.69.